The highest BCUT2D eigenvalue weighted by Gasteiger charge is 2.26. The molecule has 0 N–H and O–H groups in total. The van der Waals surface area contributed by atoms with Crippen LogP contribution < -0.4 is 0 Å². The molecule has 0 aliphatic carbocycles. The van der Waals surface area contributed by atoms with Crippen LogP contribution in [0, 0.1) is 0 Å². The Morgan fingerprint density at radius 1 is 1.08 bits per heavy atom. The summed E-state index contributed by atoms with van der Waals surface area (Å²) in [6.07, 6.45) is 5.13. The van der Waals surface area contributed by atoms with Crippen molar-refractivity contribution in [3.05, 3.63) is 53.8 Å². The van der Waals surface area contributed by atoms with Gasteiger partial charge in [-0.15, -0.1) is 11.3 Å². The molecule has 0 saturated carbocycles. The van der Waals surface area contributed by atoms with Gasteiger partial charge in [0.05, 0.1) is 18.4 Å². The van der Waals surface area contributed by atoms with Crippen LogP contribution in [0.4, 0.5) is 0 Å². The average molecular weight is 339 g/mol. The molecule has 0 unspecified atom stereocenters. The quantitative estimate of drug-likeness (QED) is 0.736. The molecule has 1 amide bonds. The zero-order valence-corrected chi connectivity index (χ0v) is 13.9. The van der Waals surface area contributed by atoms with Crippen LogP contribution in [0.15, 0.2) is 48.1 Å². The molecule has 2 aromatic heterocycles. The largest absolute Gasteiger partial charge is 0.337 e. The Balaban J connectivity index is 1.43. The van der Waals surface area contributed by atoms with Gasteiger partial charge in [0, 0.05) is 24.0 Å². The monoisotopic (exact) mass is 339 g/mol. The summed E-state index contributed by atoms with van der Waals surface area (Å²) in [5.41, 5.74) is 1.58. The Bertz CT molecular complexity index is 807. The average Bonchev–Trinajstić information content (AvgIpc) is 3.34. The van der Waals surface area contributed by atoms with E-state index in [0.717, 1.165) is 23.4 Å². The number of thiazole rings is 1. The lowest BCUT2D eigenvalue weighted by Gasteiger charge is -2.30. The molecule has 24 heavy (non-hydrogen) atoms. The molecule has 1 aromatic carbocycles. The van der Waals surface area contributed by atoms with Gasteiger partial charge in [-0.05, 0) is 12.8 Å². The summed E-state index contributed by atoms with van der Waals surface area (Å²) in [4.78, 5) is 20.8. The van der Waals surface area contributed by atoms with Crippen LogP contribution >= 0.6 is 11.3 Å². The number of aromatic nitrogens is 4. The molecular weight excluding hydrogens is 322 g/mol. The second-order valence-corrected chi connectivity index (χ2v) is 6.63. The first kappa shape index (κ1) is 15.0. The van der Waals surface area contributed by atoms with E-state index in [-0.39, 0.29) is 11.9 Å². The van der Waals surface area contributed by atoms with Crippen LogP contribution in [0.3, 0.4) is 0 Å². The molecule has 1 aliphatic rings. The number of piperidine rings is 1. The van der Waals surface area contributed by atoms with Crippen molar-refractivity contribution in [3.63, 3.8) is 0 Å². The third-order valence-corrected chi connectivity index (χ3v) is 5.15. The van der Waals surface area contributed by atoms with Crippen LogP contribution in [0.2, 0.25) is 0 Å². The van der Waals surface area contributed by atoms with Crippen LogP contribution in [0.5, 0.6) is 0 Å². The Morgan fingerprint density at radius 3 is 2.50 bits per heavy atom. The number of carbonyl (C=O) groups is 1. The number of nitrogens with zero attached hydrogens (tertiary/aromatic N) is 5. The predicted molar refractivity (Wildman–Crippen MR) is 91.7 cm³/mol. The maximum atomic E-state index is 12.7. The van der Waals surface area contributed by atoms with Gasteiger partial charge < -0.3 is 4.90 Å². The Kier molecular flexibility index (Phi) is 4.08. The van der Waals surface area contributed by atoms with Crippen molar-refractivity contribution in [1.29, 1.82) is 0 Å². The molecule has 6 nitrogen and oxygen atoms in total. The van der Waals surface area contributed by atoms with Gasteiger partial charge >= 0.3 is 0 Å². The van der Waals surface area contributed by atoms with Gasteiger partial charge in [0.25, 0.3) is 5.91 Å². The zero-order valence-electron chi connectivity index (χ0n) is 13.1. The minimum Gasteiger partial charge on any atom is -0.337 e. The molecule has 122 valence electrons. The summed E-state index contributed by atoms with van der Waals surface area (Å²) in [6.45, 7) is 1.42. The molecule has 0 bridgehead atoms. The van der Waals surface area contributed by atoms with E-state index in [0.29, 0.717) is 18.8 Å². The van der Waals surface area contributed by atoms with E-state index in [9.17, 15) is 4.79 Å². The number of carbonyl (C=O) groups excluding carboxylic acids is 1. The smallest absolute Gasteiger partial charge is 0.273 e. The van der Waals surface area contributed by atoms with E-state index >= 15 is 0 Å². The highest BCUT2D eigenvalue weighted by atomic mass is 32.1. The molecular formula is C17H17N5OS. The number of rotatable bonds is 3. The molecule has 1 saturated heterocycles. The Labute approximate surface area is 143 Å². The lowest BCUT2D eigenvalue weighted by atomic mass is 10.1. The highest BCUT2D eigenvalue weighted by Crippen LogP contribution is 2.26. The van der Waals surface area contributed by atoms with E-state index < -0.39 is 0 Å². The Morgan fingerprint density at radius 2 is 1.79 bits per heavy atom. The number of likely N-dealkylation sites (tertiary alicyclic amines) is 1. The lowest BCUT2D eigenvalue weighted by Crippen LogP contribution is -2.39. The van der Waals surface area contributed by atoms with E-state index in [2.05, 4.69) is 15.2 Å². The fourth-order valence-electron chi connectivity index (χ4n) is 2.96. The maximum Gasteiger partial charge on any atom is 0.273 e. The summed E-state index contributed by atoms with van der Waals surface area (Å²) >= 11 is 1.51. The van der Waals surface area contributed by atoms with Crippen molar-refractivity contribution in [2.75, 3.05) is 13.1 Å². The second kappa shape index (κ2) is 6.52. The third kappa shape index (κ3) is 2.94. The van der Waals surface area contributed by atoms with E-state index in [1.165, 1.54) is 11.3 Å². The van der Waals surface area contributed by atoms with Gasteiger partial charge in [-0.2, -0.15) is 15.0 Å². The molecule has 7 heteroatoms. The summed E-state index contributed by atoms with van der Waals surface area (Å²) in [5.74, 6) is 0.0142. The van der Waals surface area contributed by atoms with Gasteiger partial charge in [0.2, 0.25) is 0 Å². The maximum absolute atomic E-state index is 12.7. The van der Waals surface area contributed by atoms with Crippen molar-refractivity contribution in [2.45, 2.75) is 18.9 Å². The molecule has 0 radical (unpaired) electrons. The molecule has 4 rings (SSSR count). The minimum absolute atomic E-state index is 0.0142. The van der Waals surface area contributed by atoms with Crippen LogP contribution in [-0.4, -0.2) is 43.9 Å². The van der Waals surface area contributed by atoms with Gasteiger partial charge in [0.15, 0.2) is 0 Å². The second-order valence-electron chi connectivity index (χ2n) is 5.78. The minimum atomic E-state index is 0.0142. The van der Waals surface area contributed by atoms with Crippen LogP contribution in [0.1, 0.15) is 29.4 Å². The van der Waals surface area contributed by atoms with E-state index in [1.54, 1.807) is 17.2 Å². The fourth-order valence-corrected chi connectivity index (χ4v) is 3.76. The SMILES string of the molecule is O=C(c1csc(-c2ccccc2)n1)N1CCC(n2nccn2)CC1. The van der Waals surface area contributed by atoms with Crippen LogP contribution in [-0.2, 0) is 0 Å². The van der Waals surface area contributed by atoms with Crippen molar-refractivity contribution in [3.8, 4) is 10.6 Å². The molecule has 3 heterocycles. The summed E-state index contributed by atoms with van der Waals surface area (Å²) in [5, 5.41) is 11.1. The van der Waals surface area contributed by atoms with Crippen molar-refractivity contribution >= 4 is 17.2 Å². The highest BCUT2D eigenvalue weighted by molar-refractivity contribution is 7.13. The predicted octanol–water partition coefficient (Wildman–Crippen LogP) is 2.88. The molecule has 0 spiro atoms. The van der Waals surface area contributed by atoms with Crippen LogP contribution in [0.25, 0.3) is 10.6 Å². The van der Waals surface area contributed by atoms with Gasteiger partial charge in [0.1, 0.15) is 10.7 Å². The van der Waals surface area contributed by atoms with Gasteiger partial charge in [-0.3, -0.25) is 4.79 Å². The summed E-state index contributed by atoms with van der Waals surface area (Å²) in [6, 6.07) is 10.2. The molecule has 3 aromatic rings. The van der Waals surface area contributed by atoms with Gasteiger partial charge in [-0.25, -0.2) is 4.98 Å². The van der Waals surface area contributed by atoms with Gasteiger partial charge in [-0.1, -0.05) is 30.3 Å². The van der Waals surface area contributed by atoms with Crippen molar-refractivity contribution in [2.24, 2.45) is 0 Å². The van der Waals surface area contributed by atoms with Crippen molar-refractivity contribution in [1.82, 2.24) is 24.9 Å². The number of hydrogen-bond acceptors (Lipinski definition) is 5. The molecule has 1 fully saturated rings. The number of benzene rings is 1. The standard InChI is InChI=1S/C17H17N5OS/c23-17(15-12-24-16(20-15)13-4-2-1-3-5-13)21-10-6-14(7-11-21)22-18-8-9-19-22/h1-5,8-9,12,14H,6-7,10-11H2. The van der Waals surface area contributed by atoms with E-state index in [4.69, 9.17) is 0 Å². The first-order valence-electron chi connectivity index (χ1n) is 7.97. The first-order valence-corrected chi connectivity index (χ1v) is 8.85. The Hall–Kier alpha value is -2.54. The summed E-state index contributed by atoms with van der Waals surface area (Å²) in [7, 11) is 0. The number of hydrogen-bond donors (Lipinski definition) is 0. The normalized spacial score (nSPS) is 15.6. The first-order chi connectivity index (χ1) is 11.8. The number of amides is 1. The molecule has 1 aliphatic heterocycles. The summed E-state index contributed by atoms with van der Waals surface area (Å²) < 4.78 is 0. The topological polar surface area (TPSA) is 63.9 Å². The van der Waals surface area contributed by atoms with Crippen molar-refractivity contribution < 1.29 is 4.79 Å². The third-order valence-electron chi connectivity index (χ3n) is 4.26. The molecule has 0 atom stereocenters. The zero-order chi connectivity index (χ0) is 16.4. The lowest BCUT2D eigenvalue weighted by molar-refractivity contribution is 0.0679. The van der Waals surface area contributed by atoms with E-state index in [1.807, 2.05) is 40.6 Å². The fraction of sp³-hybridized carbons (Fsp3) is 0.294.